The van der Waals surface area contributed by atoms with Gasteiger partial charge in [0.2, 0.25) is 10.0 Å². The maximum atomic E-state index is 12.5. The molecule has 1 fully saturated rings. The van der Waals surface area contributed by atoms with Crippen LogP contribution in [0, 0.1) is 0 Å². The lowest BCUT2D eigenvalue weighted by Gasteiger charge is -2.35. The van der Waals surface area contributed by atoms with E-state index in [1.54, 1.807) is 6.07 Å². The van der Waals surface area contributed by atoms with Crippen molar-refractivity contribution in [3.8, 4) is 11.5 Å². The molecule has 6 nitrogen and oxygen atoms in total. The number of benzene rings is 1. The van der Waals surface area contributed by atoms with Crippen molar-refractivity contribution in [3.63, 3.8) is 0 Å². The smallest absolute Gasteiger partial charge is 0.240 e. The van der Waals surface area contributed by atoms with Crippen molar-refractivity contribution in [3.05, 3.63) is 18.2 Å². The van der Waals surface area contributed by atoms with Crippen molar-refractivity contribution in [2.75, 3.05) is 33.9 Å². The minimum absolute atomic E-state index is 0.173. The molecule has 0 radical (unpaired) electrons. The molecule has 0 bridgehead atoms. The van der Waals surface area contributed by atoms with E-state index in [-0.39, 0.29) is 10.4 Å². The fourth-order valence-electron chi connectivity index (χ4n) is 2.77. The molecule has 1 aliphatic rings. The molecule has 7 heteroatoms. The van der Waals surface area contributed by atoms with Gasteiger partial charge in [0.1, 0.15) is 0 Å². The molecule has 1 heterocycles. The molecule has 0 saturated carbocycles. The Hall–Kier alpha value is -1.31. The predicted molar refractivity (Wildman–Crippen MR) is 89.6 cm³/mol. The third-order valence-electron chi connectivity index (χ3n) is 4.32. The number of methoxy groups -OCH3 is 2. The second-order valence-corrected chi connectivity index (χ2v) is 8.11. The van der Waals surface area contributed by atoms with E-state index in [2.05, 4.69) is 23.5 Å². The number of likely N-dealkylation sites (tertiary alicyclic amines) is 1. The van der Waals surface area contributed by atoms with Gasteiger partial charge in [-0.25, -0.2) is 13.1 Å². The van der Waals surface area contributed by atoms with Gasteiger partial charge < -0.3 is 9.47 Å². The second kappa shape index (κ2) is 7.07. The highest BCUT2D eigenvalue weighted by atomic mass is 32.2. The van der Waals surface area contributed by atoms with Crippen molar-refractivity contribution in [1.82, 2.24) is 9.62 Å². The fraction of sp³-hybridized carbons (Fsp3) is 0.625. The topological polar surface area (TPSA) is 67.9 Å². The van der Waals surface area contributed by atoms with Crippen LogP contribution in [-0.2, 0) is 10.0 Å². The highest BCUT2D eigenvalue weighted by molar-refractivity contribution is 7.89. The molecule has 1 aliphatic heterocycles. The quantitative estimate of drug-likeness (QED) is 0.819. The van der Waals surface area contributed by atoms with Gasteiger partial charge >= 0.3 is 0 Å². The van der Waals surface area contributed by atoms with Crippen LogP contribution in [0.5, 0.6) is 11.5 Å². The Morgan fingerprint density at radius 2 is 1.74 bits per heavy atom. The molecule has 0 amide bonds. The fourth-order valence-corrected chi connectivity index (χ4v) is 3.99. The molecular formula is C16H26N2O4S. The minimum Gasteiger partial charge on any atom is -0.493 e. The zero-order valence-corrected chi connectivity index (χ0v) is 15.1. The van der Waals surface area contributed by atoms with Gasteiger partial charge in [-0.05, 0) is 51.9 Å². The van der Waals surface area contributed by atoms with E-state index < -0.39 is 10.0 Å². The summed E-state index contributed by atoms with van der Waals surface area (Å²) in [6.45, 7) is 6.53. The molecule has 1 aromatic rings. The van der Waals surface area contributed by atoms with Crippen molar-refractivity contribution in [1.29, 1.82) is 0 Å². The molecule has 0 unspecified atom stereocenters. The lowest BCUT2D eigenvalue weighted by atomic mass is 10.0. The molecular weight excluding hydrogens is 316 g/mol. The van der Waals surface area contributed by atoms with Gasteiger partial charge in [-0.1, -0.05) is 0 Å². The predicted octanol–water partition coefficient (Wildman–Crippen LogP) is 1.86. The van der Waals surface area contributed by atoms with Gasteiger partial charge in [-0.15, -0.1) is 0 Å². The maximum Gasteiger partial charge on any atom is 0.240 e. The molecule has 1 saturated heterocycles. The average molecular weight is 342 g/mol. The first-order chi connectivity index (χ1) is 10.8. The van der Waals surface area contributed by atoms with E-state index >= 15 is 0 Å². The van der Waals surface area contributed by atoms with Crippen molar-refractivity contribution in [2.24, 2.45) is 0 Å². The van der Waals surface area contributed by atoms with E-state index in [1.807, 2.05) is 0 Å². The van der Waals surface area contributed by atoms with Crippen LogP contribution in [0.1, 0.15) is 26.7 Å². The van der Waals surface area contributed by atoms with Gasteiger partial charge in [0.25, 0.3) is 0 Å². The van der Waals surface area contributed by atoms with Crippen molar-refractivity contribution < 1.29 is 17.9 Å². The number of rotatable bonds is 7. The molecule has 1 N–H and O–H groups in total. The van der Waals surface area contributed by atoms with E-state index in [9.17, 15) is 8.42 Å². The van der Waals surface area contributed by atoms with Crippen LogP contribution in [0.3, 0.4) is 0 Å². The first-order valence-corrected chi connectivity index (χ1v) is 9.25. The van der Waals surface area contributed by atoms with Crippen molar-refractivity contribution in [2.45, 2.75) is 37.1 Å². The molecule has 130 valence electrons. The van der Waals surface area contributed by atoms with Gasteiger partial charge in [0.15, 0.2) is 11.5 Å². The van der Waals surface area contributed by atoms with Crippen LogP contribution in [0.4, 0.5) is 0 Å². The Bertz CT molecular complexity index is 637. The standard InChI is InChI=1S/C16H26N2O4S/c1-16(2,18-9-5-6-10-18)12-17-23(19,20)13-7-8-14(21-3)15(11-13)22-4/h7-8,11,17H,5-6,9-10,12H2,1-4H3. The van der Waals surface area contributed by atoms with Gasteiger partial charge in [-0.3, -0.25) is 4.90 Å². The number of nitrogens with one attached hydrogen (secondary N) is 1. The third-order valence-corrected chi connectivity index (χ3v) is 5.72. The van der Waals surface area contributed by atoms with Gasteiger partial charge in [0.05, 0.1) is 19.1 Å². The zero-order chi connectivity index (χ0) is 17.1. The summed E-state index contributed by atoms with van der Waals surface area (Å²) in [6, 6.07) is 4.59. The van der Waals surface area contributed by atoms with E-state index in [0.717, 1.165) is 13.1 Å². The number of nitrogens with zero attached hydrogens (tertiary/aromatic N) is 1. The molecule has 0 aromatic heterocycles. The van der Waals surface area contributed by atoms with Crippen LogP contribution in [0.2, 0.25) is 0 Å². The number of sulfonamides is 1. The van der Waals surface area contributed by atoms with E-state index in [1.165, 1.54) is 39.2 Å². The summed E-state index contributed by atoms with van der Waals surface area (Å²) in [6.07, 6.45) is 2.34. The number of hydrogen-bond donors (Lipinski definition) is 1. The monoisotopic (exact) mass is 342 g/mol. The van der Waals surface area contributed by atoms with Gasteiger partial charge in [-0.2, -0.15) is 0 Å². The highest BCUT2D eigenvalue weighted by Gasteiger charge is 2.30. The molecule has 1 aromatic carbocycles. The SMILES string of the molecule is COc1ccc(S(=O)(=O)NCC(C)(C)N2CCCC2)cc1OC. The normalized spacial score (nSPS) is 16.5. The number of hydrogen-bond acceptors (Lipinski definition) is 5. The van der Waals surface area contributed by atoms with E-state index in [4.69, 9.17) is 9.47 Å². The van der Waals surface area contributed by atoms with Crippen LogP contribution in [-0.4, -0.2) is 52.7 Å². The van der Waals surface area contributed by atoms with Gasteiger partial charge in [0, 0.05) is 18.2 Å². The molecule has 0 aliphatic carbocycles. The summed E-state index contributed by atoms with van der Waals surface area (Å²) in [5.41, 5.74) is -0.208. The summed E-state index contributed by atoms with van der Waals surface area (Å²) in [7, 11) is -0.592. The van der Waals surface area contributed by atoms with Crippen LogP contribution in [0.25, 0.3) is 0 Å². The van der Waals surface area contributed by atoms with Crippen molar-refractivity contribution >= 4 is 10.0 Å². The Morgan fingerprint density at radius 3 is 2.30 bits per heavy atom. The Kier molecular flexibility index (Phi) is 5.54. The maximum absolute atomic E-state index is 12.5. The van der Waals surface area contributed by atoms with Crippen LogP contribution < -0.4 is 14.2 Å². The van der Waals surface area contributed by atoms with Crippen LogP contribution >= 0.6 is 0 Å². The minimum atomic E-state index is -3.59. The average Bonchev–Trinajstić information content (AvgIpc) is 3.08. The Balaban J connectivity index is 2.12. The summed E-state index contributed by atoms with van der Waals surface area (Å²) < 4.78 is 38.1. The summed E-state index contributed by atoms with van der Waals surface area (Å²) in [5, 5.41) is 0. The second-order valence-electron chi connectivity index (χ2n) is 6.35. The largest absolute Gasteiger partial charge is 0.493 e. The Labute approximate surface area is 138 Å². The molecule has 0 spiro atoms. The van der Waals surface area contributed by atoms with E-state index in [0.29, 0.717) is 18.0 Å². The number of ether oxygens (including phenoxy) is 2. The van der Waals surface area contributed by atoms with Crippen LogP contribution in [0.15, 0.2) is 23.1 Å². The molecule has 2 rings (SSSR count). The lowest BCUT2D eigenvalue weighted by molar-refractivity contribution is 0.158. The third kappa shape index (κ3) is 4.16. The first kappa shape index (κ1) is 18.0. The zero-order valence-electron chi connectivity index (χ0n) is 14.3. The molecule has 0 atom stereocenters. The summed E-state index contributed by atoms with van der Waals surface area (Å²) >= 11 is 0. The summed E-state index contributed by atoms with van der Waals surface area (Å²) in [5.74, 6) is 0.901. The lowest BCUT2D eigenvalue weighted by Crippen LogP contribution is -2.50. The Morgan fingerprint density at radius 1 is 1.13 bits per heavy atom. The molecule has 23 heavy (non-hydrogen) atoms. The highest BCUT2D eigenvalue weighted by Crippen LogP contribution is 2.29. The summed E-state index contributed by atoms with van der Waals surface area (Å²) in [4.78, 5) is 2.50. The first-order valence-electron chi connectivity index (χ1n) is 7.77.